The Balaban J connectivity index is 1.50. The smallest absolute Gasteiger partial charge is 0.293 e. The van der Waals surface area contributed by atoms with E-state index in [1.54, 1.807) is 31.4 Å². The van der Waals surface area contributed by atoms with Crippen LogP contribution in [-0.4, -0.2) is 13.0 Å². The number of hydrogen-bond donors (Lipinski definition) is 3. The lowest BCUT2D eigenvalue weighted by atomic mass is 10.0. The van der Waals surface area contributed by atoms with Crippen LogP contribution in [-0.2, 0) is 0 Å². The number of methoxy groups -OCH3 is 1. The van der Waals surface area contributed by atoms with Crippen LogP contribution in [0.1, 0.15) is 22.3 Å². The van der Waals surface area contributed by atoms with Gasteiger partial charge in [0.25, 0.3) is 5.91 Å². The van der Waals surface area contributed by atoms with Crippen molar-refractivity contribution in [3.05, 3.63) is 102 Å². The van der Waals surface area contributed by atoms with Gasteiger partial charge in [0.15, 0.2) is 0 Å². The number of anilines is 2. The number of hydrogen-bond acceptors (Lipinski definition) is 5. The highest BCUT2D eigenvalue weighted by atomic mass is 16.5. The summed E-state index contributed by atoms with van der Waals surface area (Å²) < 4.78 is 11.1. The summed E-state index contributed by atoms with van der Waals surface area (Å²) in [6.07, 6.45) is -0.551. The Hall–Kier alpha value is -4.29. The van der Waals surface area contributed by atoms with Crippen LogP contribution in [0.5, 0.6) is 5.75 Å². The Morgan fingerprint density at radius 1 is 0.879 bits per heavy atom. The van der Waals surface area contributed by atoms with E-state index in [-0.39, 0.29) is 11.7 Å². The molecule has 4 N–H and O–H groups in total. The number of carbonyl (C=O) groups excluding carboxylic acids is 1. The van der Waals surface area contributed by atoms with Crippen LogP contribution in [0.4, 0.5) is 11.4 Å². The minimum Gasteiger partial charge on any atom is -0.497 e. The Kier molecular flexibility index (Phi) is 5.42. The van der Waals surface area contributed by atoms with Crippen molar-refractivity contribution in [2.45, 2.75) is 6.17 Å². The maximum atomic E-state index is 13.2. The zero-order chi connectivity index (χ0) is 22.8. The van der Waals surface area contributed by atoms with E-state index in [1.165, 1.54) is 0 Å². The Bertz CT molecular complexity index is 1440. The van der Waals surface area contributed by atoms with E-state index in [0.29, 0.717) is 22.7 Å². The lowest BCUT2D eigenvalue weighted by molar-refractivity contribution is 0.0999. The van der Waals surface area contributed by atoms with E-state index in [0.717, 1.165) is 21.7 Å². The summed E-state index contributed by atoms with van der Waals surface area (Å²) >= 11 is 0. The van der Waals surface area contributed by atoms with E-state index in [2.05, 4.69) is 10.6 Å². The van der Waals surface area contributed by atoms with Crippen molar-refractivity contribution in [2.24, 2.45) is 5.73 Å². The molecule has 1 aromatic heterocycles. The van der Waals surface area contributed by atoms with Gasteiger partial charge in [-0.2, -0.15) is 0 Å². The maximum absolute atomic E-state index is 13.2. The fourth-order valence-corrected chi connectivity index (χ4v) is 3.97. The van der Waals surface area contributed by atoms with Crippen LogP contribution in [0.15, 0.2) is 95.4 Å². The van der Waals surface area contributed by atoms with Gasteiger partial charge in [-0.1, -0.05) is 54.6 Å². The summed E-state index contributed by atoms with van der Waals surface area (Å²) in [6, 6.07) is 28.7. The molecule has 1 amide bonds. The SMILES string of the molecule is COc1ccc(NC(=O)c2oc3ccccc3c2NC(N)c2cccc3ccccc23)cc1. The molecule has 6 heteroatoms. The number of ether oxygens (including phenoxy) is 1. The van der Waals surface area contributed by atoms with Crippen LogP contribution >= 0.6 is 0 Å². The molecule has 0 saturated heterocycles. The van der Waals surface area contributed by atoms with Crippen LogP contribution in [0.3, 0.4) is 0 Å². The number of benzene rings is 4. The van der Waals surface area contributed by atoms with Gasteiger partial charge in [-0.05, 0) is 52.7 Å². The third kappa shape index (κ3) is 4.00. The zero-order valence-electron chi connectivity index (χ0n) is 18.0. The number of rotatable bonds is 6. The Labute approximate surface area is 191 Å². The molecule has 0 spiro atoms. The fourth-order valence-electron chi connectivity index (χ4n) is 3.97. The van der Waals surface area contributed by atoms with E-state index in [9.17, 15) is 4.79 Å². The van der Waals surface area contributed by atoms with Crippen molar-refractivity contribution in [2.75, 3.05) is 17.7 Å². The van der Waals surface area contributed by atoms with Crippen molar-refractivity contribution in [3.63, 3.8) is 0 Å². The molecule has 4 aromatic carbocycles. The van der Waals surface area contributed by atoms with Crippen molar-refractivity contribution in [1.29, 1.82) is 0 Å². The number of nitrogens with two attached hydrogens (primary N) is 1. The first kappa shape index (κ1) is 20.6. The topological polar surface area (TPSA) is 89.5 Å². The van der Waals surface area contributed by atoms with Gasteiger partial charge >= 0.3 is 0 Å². The fraction of sp³-hybridized carbons (Fsp3) is 0.0741. The summed E-state index contributed by atoms with van der Waals surface area (Å²) in [6.45, 7) is 0. The molecule has 0 bridgehead atoms. The first-order valence-corrected chi connectivity index (χ1v) is 10.6. The van der Waals surface area contributed by atoms with Crippen molar-refractivity contribution >= 4 is 39.0 Å². The third-order valence-electron chi connectivity index (χ3n) is 5.61. The highest BCUT2D eigenvalue weighted by Crippen LogP contribution is 2.34. The maximum Gasteiger partial charge on any atom is 0.293 e. The minimum absolute atomic E-state index is 0.169. The second kappa shape index (κ2) is 8.68. The first-order valence-electron chi connectivity index (χ1n) is 10.6. The summed E-state index contributed by atoms with van der Waals surface area (Å²) in [7, 11) is 1.60. The summed E-state index contributed by atoms with van der Waals surface area (Å²) in [5.74, 6) is 0.506. The van der Waals surface area contributed by atoms with E-state index >= 15 is 0 Å². The predicted octanol–water partition coefficient (Wildman–Crippen LogP) is 5.92. The lowest BCUT2D eigenvalue weighted by Gasteiger charge is -2.18. The molecule has 0 aliphatic heterocycles. The molecule has 1 atom stereocenters. The van der Waals surface area contributed by atoms with Gasteiger partial charge < -0.3 is 25.5 Å². The zero-order valence-corrected chi connectivity index (χ0v) is 18.0. The van der Waals surface area contributed by atoms with E-state index in [4.69, 9.17) is 14.9 Å². The van der Waals surface area contributed by atoms with Gasteiger partial charge in [0.05, 0.1) is 12.8 Å². The second-order valence-corrected chi connectivity index (χ2v) is 7.68. The highest BCUT2D eigenvalue weighted by Gasteiger charge is 2.23. The van der Waals surface area contributed by atoms with Gasteiger partial charge in [0.1, 0.15) is 17.5 Å². The van der Waals surface area contributed by atoms with Gasteiger partial charge in [-0.15, -0.1) is 0 Å². The molecule has 0 aliphatic rings. The van der Waals surface area contributed by atoms with Gasteiger partial charge in [0, 0.05) is 11.1 Å². The molecule has 33 heavy (non-hydrogen) atoms. The quantitative estimate of drug-likeness (QED) is 0.287. The molecule has 0 radical (unpaired) electrons. The van der Waals surface area contributed by atoms with E-state index < -0.39 is 6.17 Å². The molecule has 0 aliphatic carbocycles. The number of furan rings is 1. The van der Waals surface area contributed by atoms with Crippen LogP contribution < -0.4 is 21.1 Å². The summed E-state index contributed by atoms with van der Waals surface area (Å²) in [5, 5.41) is 9.15. The molecule has 5 rings (SSSR count). The number of fused-ring (bicyclic) bond motifs is 2. The number of para-hydroxylation sites is 1. The number of nitrogens with one attached hydrogen (secondary N) is 2. The molecule has 164 valence electrons. The molecular formula is C27H23N3O3. The second-order valence-electron chi connectivity index (χ2n) is 7.68. The normalized spacial score (nSPS) is 11.9. The standard InChI is InChI=1S/C27H23N3O3/c1-32-19-15-13-18(14-16-19)29-27(31)25-24(22-10-4-5-12-23(22)33-25)30-26(28)21-11-6-8-17-7-2-3-9-20(17)21/h2-16,26,30H,28H2,1H3,(H,29,31). The van der Waals surface area contributed by atoms with Crippen LogP contribution in [0.2, 0.25) is 0 Å². The molecular weight excluding hydrogens is 414 g/mol. The molecule has 0 fully saturated rings. The molecule has 1 heterocycles. The summed E-state index contributed by atoms with van der Waals surface area (Å²) in [5.41, 5.74) is 9.31. The molecule has 1 unspecified atom stereocenters. The average Bonchev–Trinajstić information content (AvgIpc) is 3.22. The third-order valence-corrected chi connectivity index (χ3v) is 5.61. The van der Waals surface area contributed by atoms with Crippen LogP contribution in [0.25, 0.3) is 21.7 Å². The minimum atomic E-state index is -0.551. The monoisotopic (exact) mass is 437 g/mol. The highest BCUT2D eigenvalue weighted by molar-refractivity contribution is 6.11. The number of amides is 1. The predicted molar refractivity (Wildman–Crippen MR) is 132 cm³/mol. The van der Waals surface area contributed by atoms with Crippen molar-refractivity contribution in [1.82, 2.24) is 0 Å². The molecule has 0 saturated carbocycles. The van der Waals surface area contributed by atoms with Crippen molar-refractivity contribution in [3.8, 4) is 5.75 Å². The van der Waals surface area contributed by atoms with Gasteiger partial charge in [-0.3, -0.25) is 4.79 Å². The number of carbonyl (C=O) groups is 1. The first-order chi connectivity index (χ1) is 16.1. The Morgan fingerprint density at radius 2 is 1.58 bits per heavy atom. The van der Waals surface area contributed by atoms with Gasteiger partial charge in [-0.25, -0.2) is 0 Å². The largest absolute Gasteiger partial charge is 0.497 e. The lowest BCUT2D eigenvalue weighted by Crippen LogP contribution is -2.22. The van der Waals surface area contributed by atoms with Gasteiger partial charge in [0.2, 0.25) is 5.76 Å². The average molecular weight is 437 g/mol. The molecule has 6 nitrogen and oxygen atoms in total. The summed E-state index contributed by atoms with van der Waals surface area (Å²) in [4.78, 5) is 13.2. The van der Waals surface area contributed by atoms with Crippen LogP contribution in [0, 0.1) is 0 Å². The van der Waals surface area contributed by atoms with E-state index in [1.807, 2.05) is 66.7 Å². The Morgan fingerprint density at radius 3 is 2.36 bits per heavy atom. The van der Waals surface area contributed by atoms with Crippen molar-refractivity contribution < 1.29 is 13.9 Å². The molecule has 5 aromatic rings.